The molecule has 9 heteroatoms. The summed E-state index contributed by atoms with van der Waals surface area (Å²) in [5.74, 6) is 0.982. The Bertz CT molecular complexity index is 1020. The van der Waals surface area contributed by atoms with E-state index in [4.69, 9.17) is 15.6 Å². The maximum Gasteiger partial charge on any atom is 0.287 e. The van der Waals surface area contributed by atoms with Crippen molar-refractivity contribution < 1.29 is 9.53 Å². The highest BCUT2D eigenvalue weighted by atomic mass is 16.5. The molecule has 0 radical (unpaired) electrons. The van der Waals surface area contributed by atoms with Crippen molar-refractivity contribution in [2.75, 3.05) is 12.4 Å². The molecule has 27 heavy (non-hydrogen) atoms. The summed E-state index contributed by atoms with van der Waals surface area (Å²) in [5.41, 5.74) is 7.24. The number of nitrogens with two attached hydrogens (primary N) is 1. The van der Waals surface area contributed by atoms with Gasteiger partial charge in [0, 0.05) is 23.8 Å². The molecule has 3 N–H and O–H groups in total. The SMILES string of the molecule is COc1ccc(NC2=N[N+]3(c4cccc(C(N)=O)c4)C=CN=CC3=N2)cn1. The average molecular weight is 362 g/mol. The van der Waals surface area contributed by atoms with Crippen LogP contribution in [0.25, 0.3) is 0 Å². The van der Waals surface area contributed by atoms with Crippen molar-refractivity contribution in [3.63, 3.8) is 0 Å². The number of methoxy groups -OCH3 is 1. The van der Waals surface area contributed by atoms with Crippen LogP contribution in [0.3, 0.4) is 0 Å². The zero-order valence-corrected chi connectivity index (χ0v) is 14.4. The second-order valence-corrected chi connectivity index (χ2v) is 5.78. The van der Waals surface area contributed by atoms with E-state index in [0.717, 1.165) is 5.69 Å². The number of carbonyl (C=O) groups is 1. The molecule has 4 rings (SSSR count). The second-order valence-electron chi connectivity index (χ2n) is 5.78. The topological polar surface area (TPSA) is 114 Å². The van der Waals surface area contributed by atoms with E-state index in [9.17, 15) is 4.79 Å². The third-order valence-corrected chi connectivity index (χ3v) is 4.11. The predicted octanol–water partition coefficient (Wildman–Crippen LogP) is 1.85. The lowest BCUT2D eigenvalue weighted by atomic mass is 10.1. The van der Waals surface area contributed by atoms with E-state index in [-0.39, 0.29) is 4.59 Å². The molecule has 9 nitrogen and oxygen atoms in total. The van der Waals surface area contributed by atoms with Gasteiger partial charge in [-0.1, -0.05) is 10.7 Å². The number of amides is 1. The monoisotopic (exact) mass is 362 g/mol. The van der Waals surface area contributed by atoms with Gasteiger partial charge >= 0.3 is 0 Å². The Morgan fingerprint density at radius 3 is 2.89 bits per heavy atom. The van der Waals surface area contributed by atoms with E-state index in [1.807, 2.05) is 12.1 Å². The van der Waals surface area contributed by atoms with Crippen molar-refractivity contribution in [3.05, 3.63) is 60.6 Å². The summed E-state index contributed by atoms with van der Waals surface area (Å²) in [7, 11) is 1.56. The highest BCUT2D eigenvalue weighted by Crippen LogP contribution is 2.31. The number of carbonyl (C=O) groups excluding carboxylic acids is 1. The summed E-state index contributed by atoms with van der Waals surface area (Å²) in [6, 6.07) is 10.5. The highest BCUT2D eigenvalue weighted by Gasteiger charge is 2.43. The number of nitrogens with zero attached hydrogens (tertiary/aromatic N) is 5. The number of quaternary nitrogens is 1. The van der Waals surface area contributed by atoms with Crippen LogP contribution in [-0.4, -0.2) is 36.0 Å². The molecule has 0 saturated heterocycles. The molecular formula is C18H16N7O2+. The summed E-state index contributed by atoms with van der Waals surface area (Å²) in [6.07, 6.45) is 6.67. The van der Waals surface area contributed by atoms with Crippen molar-refractivity contribution in [3.8, 4) is 5.88 Å². The van der Waals surface area contributed by atoms with Crippen LogP contribution in [-0.2, 0) is 0 Å². The fourth-order valence-corrected chi connectivity index (χ4v) is 2.78. The average Bonchev–Trinajstić information content (AvgIpc) is 3.08. The van der Waals surface area contributed by atoms with Gasteiger partial charge in [0.05, 0.1) is 25.2 Å². The first-order chi connectivity index (χ1) is 13.1. The Labute approximate surface area is 154 Å². The van der Waals surface area contributed by atoms with E-state index in [2.05, 4.69) is 20.3 Å². The van der Waals surface area contributed by atoms with E-state index in [0.29, 0.717) is 28.9 Å². The number of benzene rings is 1. The molecule has 3 heterocycles. The summed E-state index contributed by atoms with van der Waals surface area (Å²) < 4.78 is 5.01. The van der Waals surface area contributed by atoms with E-state index in [1.54, 1.807) is 56.2 Å². The summed E-state index contributed by atoms with van der Waals surface area (Å²) in [4.78, 5) is 24.4. The lowest BCUT2D eigenvalue weighted by Crippen LogP contribution is -2.44. The first kappa shape index (κ1) is 16.6. The number of pyridine rings is 1. The molecular weight excluding hydrogens is 346 g/mol. The number of anilines is 1. The van der Waals surface area contributed by atoms with E-state index in [1.165, 1.54) is 0 Å². The minimum absolute atomic E-state index is 0.0451. The lowest BCUT2D eigenvalue weighted by molar-refractivity contribution is 0.1000. The molecule has 134 valence electrons. The standard InChI is InChI=1S/C18H15N7O2/c1-27-16-6-5-13(10-21-16)22-18-23-15-11-20-7-8-25(15,24-18)14-4-2-3-12(9-14)17(19)26/h2-11H,1H3,(H2-,19,22,24,26)/p+1. The van der Waals surface area contributed by atoms with Gasteiger partial charge in [-0.25, -0.2) is 4.98 Å². The maximum atomic E-state index is 11.6. The molecule has 0 saturated carbocycles. The van der Waals surface area contributed by atoms with Crippen molar-refractivity contribution >= 4 is 35.3 Å². The Morgan fingerprint density at radius 1 is 1.26 bits per heavy atom. The summed E-state index contributed by atoms with van der Waals surface area (Å²) >= 11 is 0. The molecule has 2 aromatic rings. The van der Waals surface area contributed by atoms with Gasteiger partial charge < -0.3 is 15.8 Å². The fraction of sp³-hybridized carbons (Fsp3) is 0.0556. The van der Waals surface area contributed by atoms with Gasteiger partial charge in [-0.05, 0) is 17.2 Å². The Kier molecular flexibility index (Phi) is 3.98. The molecule has 0 fully saturated rings. The molecule has 1 aromatic carbocycles. The van der Waals surface area contributed by atoms with Crippen molar-refractivity contribution in [1.29, 1.82) is 0 Å². The number of rotatable bonds is 4. The Morgan fingerprint density at radius 2 is 2.15 bits per heavy atom. The number of primary amides is 1. The Balaban J connectivity index is 1.71. The number of aromatic nitrogens is 1. The number of hydrogen-bond acceptors (Lipinski definition) is 7. The van der Waals surface area contributed by atoms with Crippen LogP contribution >= 0.6 is 0 Å². The van der Waals surface area contributed by atoms with Crippen molar-refractivity contribution in [2.24, 2.45) is 20.8 Å². The number of guanidine groups is 1. The van der Waals surface area contributed by atoms with Crippen LogP contribution in [0.2, 0.25) is 0 Å². The minimum atomic E-state index is -0.506. The molecule has 1 unspecified atom stereocenters. The van der Waals surface area contributed by atoms with Gasteiger partial charge in [0.2, 0.25) is 11.8 Å². The van der Waals surface area contributed by atoms with Crippen LogP contribution in [0.1, 0.15) is 10.4 Å². The first-order valence-electron chi connectivity index (χ1n) is 8.07. The third-order valence-electron chi connectivity index (χ3n) is 4.11. The second kappa shape index (κ2) is 6.46. The third kappa shape index (κ3) is 2.96. The molecule has 2 aliphatic rings. The summed E-state index contributed by atoms with van der Waals surface area (Å²) in [5, 5.41) is 7.82. The number of nitrogens with one attached hydrogen (secondary N) is 1. The molecule has 1 amide bonds. The smallest absolute Gasteiger partial charge is 0.287 e. The molecule has 0 aliphatic carbocycles. The van der Waals surface area contributed by atoms with E-state index < -0.39 is 5.91 Å². The molecule has 1 aromatic heterocycles. The number of fused-ring (bicyclic) bond motifs is 1. The number of ether oxygens (including phenoxy) is 1. The molecule has 1 atom stereocenters. The molecule has 0 bridgehead atoms. The molecule has 0 spiro atoms. The number of aliphatic imine (C=N–C) groups is 2. The van der Waals surface area contributed by atoms with Crippen LogP contribution in [0, 0.1) is 0 Å². The lowest BCUT2D eigenvalue weighted by Gasteiger charge is -2.23. The largest absolute Gasteiger partial charge is 0.481 e. The highest BCUT2D eigenvalue weighted by molar-refractivity contribution is 6.38. The van der Waals surface area contributed by atoms with Crippen molar-refractivity contribution in [2.45, 2.75) is 0 Å². The van der Waals surface area contributed by atoms with Crippen molar-refractivity contribution in [1.82, 2.24) is 9.58 Å². The van der Waals surface area contributed by atoms with Gasteiger partial charge in [0.25, 0.3) is 11.8 Å². The molecule has 2 aliphatic heterocycles. The van der Waals surface area contributed by atoms with E-state index >= 15 is 0 Å². The minimum Gasteiger partial charge on any atom is -0.481 e. The van der Waals surface area contributed by atoms with Crippen LogP contribution < -0.4 is 20.4 Å². The number of hydrogen-bond donors (Lipinski definition) is 2. The van der Waals surface area contributed by atoms with Gasteiger partial charge in [0.15, 0.2) is 11.9 Å². The van der Waals surface area contributed by atoms with Gasteiger partial charge in [-0.3, -0.25) is 9.79 Å². The number of amidine groups is 1. The zero-order valence-electron chi connectivity index (χ0n) is 14.4. The first-order valence-corrected chi connectivity index (χ1v) is 8.07. The van der Waals surface area contributed by atoms with Gasteiger partial charge in [-0.15, -0.1) is 0 Å². The van der Waals surface area contributed by atoms with Crippen LogP contribution in [0.15, 0.2) is 70.1 Å². The quantitative estimate of drug-likeness (QED) is 0.808. The Hall–Kier alpha value is -3.85. The summed E-state index contributed by atoms with van der Waals surface area (Å²) in [6.45, 7) is 0. The fourth-order valence-electron chi connectivity index (χ4n) is 2.78. The van der Waals surface area contributed by atoms with Crippen LogP contribution in [0.4, 0.5) is 11.4 Å². The predicted molar refractivity (Wildman–Crippen MR) is 104 cm³/mol. The van der Waals surface area contributed by atoms with Gasteiger partial charge in [0.1, 0.15) is 6.21 Å². The normalized spacial score (nSPS) is 19.9. The maximum absolute atomic E-state index is 11.6. The van der Waals surface area contributed by atoms with Gasteiger partial charge in [-0.2, -0.15) is 4.99 Å². The van der Waals surface area contributed by atoms with Crippen LogP contribution in [0.5, 0.6) is 5.88 Å². The zero-order chi connectivity index (χ0) is 18.9.